The molecule has 4 heteroatoms. The van der Waals surface area contributed by atoms with E-state index < -0.39 is 0 Å². The van der Waals surface area contributed by atoms with Crippen LogP contribution in [0.3, 0.4) is 0 Å². The average Bonchev–Trinajstić information content (AvgIpc) is 3.19. The summed E-state index contributed by atoms with van der Waals surface area (Å²) in [6.07, 6.45) is 5.94. The maximum Gasteiger partial charge on any atom is 0.251 e. The standard InChI is InChI=1S/C19H26N2O2/c22-18(20-17-11-19(12-17)7-10-23-14-19)16-5-3-15(4-6-16)13-21-8-1-2-9-21/h3-6,17H,1-2,7-14H2,(H,20,22). The van der Waals surface area contributed by atoms with Crippen LogP contribution in [-0.2, 0) is 11.3 Å². The minimum Gasteiger partial charge on any atom is -0.381 e. The van der Waals surface area contributed by atoms with E-state index in [-0.39, 0.29) is 5.91 Å². The maximum atomic E-state index is 12.4. The summed E-state index contributed by atoms with van der Waals surface area (Å²) in [5.74, 6) is 0.0662. The zero-order valence-electron chi connectivity index (χ0n) is 13.7. The highest BCUT2D eigenvalue weighted by molar-refractivity contribution is 5.94. The summed E-state index contributed by atoms with van der Waals surface area (Å²) in [6, 6.07) is 8.45. The molecule has 1 amide bonds. The van der Waals surface area contributed by atoms with Crippen molar-refractivity contribution in [2.24, 2.45) is 5.41 Å². The third-order valence-corrected chi connectivity index (χ3v) is 5.70. The van der Waals surface area contributed by atoms with Crippen LogP contribution in [0.1, 0.15) is 48.0 Å². The van der Waals surface area contributed by atoms with Gasteiger partial charge in [0.2, 0.25) is 0 Å². The quantitative estimate of drug-likeness (QED) is 0.929. The topological polar surface area (TPSA) is 41.6 Å². The number of nitrogens with zero attached hydrogens (tertiary/aromatic N) is 1. The van der Waals surface area contributed by atoms with Crippen molar-refractivity contribution in [2.75, 3.05) is 26.3 Å². The Morgan fingerprint density at radius 1 is 1.22 bits per heavy atom. The molecule has 1 N–H and O–H groups in total. The van der Waals surface area contributed by atoms with Gasteiger partial charge in [0.15, 0.2) is 0 Å². The summed E-state index contributed by atoms with van der Waals surface area (Å²) in [4.78, 5) is 14.8. The Bertz CT molecular complexity index is 549. The van der Waals surface area contributed by atoms with Crippen LogP contribution < -0.4 is 5.32 Å². The summed E-state index contributed by atoms with van der Waals surface area (Å²) in [5, 5.41) is 3.17. The van der Waals surface area contributed by atoms with Crippen LogP contribution in [0.5, 0.6) is 0 Å². The van der Waals surface area contributed by atoms with Crippen molar-refractivity contribution in [1.82, 2.24) is 10.2 Å². The van der Waals surface area contributed by atoms with E-state index >= 15 is 0 Å². The number of hydrogen-bond acceptors (Lipinski definition) is 3. The molecule has 1 aliphatic carbocycles. The van der Waals surface area contributed by atoms with Gasteiger partial charge < -0.3 is 10.1 Å². The fraction of sp³-hybridized carbons (Fsp3) is 0.632. The fourth-order valence-corrected chi connectivity index (χ4v) is 4.29. The molecule has 4 nitrogen and oxygen atoms in total. The molecule has 0 bridgehead atoms. The first-order valence-corrected chi connectivity index (χ1v) is 8.92. The predicted octanol–water partition coefficient (Wildman–Crippen LogP) is 2.58. The second kappa shape index (κ2) is 6.25. The van der Waals surface area contributed by atoms with E-state index in [1.807, 2.05) is 12.1 Å². The monoisotopic (exact) mass is 314 g/mol. The van der Waals surface area contributed by atoms with Crippen LogP contribution in [0.15, 0.2) is 24.3 Å². The second-order valence-corrected chi connectivity index (χ2v) is 7.56. The van der Waals surface area contributed by atoms with Gasteiger partial charge in [-0.3, -0.25) is 9.69 Å². The van der Waals surface area contributed by atoms with E-state index in [4.69, 9.17) is 4.74 Å². The Labute approximate surface area is 138 Å². The zero-order chi connectivity index (χ0) is 15.7. The van der Waals surface area contributed by atoms with Crippen LogP contribution in [0.25, 0.3) is 0 Å². The van der Waals surface area contributed by atoms with E-state index in [0.29, 0.717) is 11.5 Å². The molecule has 0 atom stereocenters. The van der Waals surface area contributed by atoms with Crippen molar-refractivity contribution in [2.45, 2.75) is 44.7 Å². The van der Waals surface area contributed by atoms with E-state index in [9.17, 15) is 4.79 Å². The van der Waals surface area contributed by atoms with Gasteiger partial charge in [0, 0.05) is 24.8 Å². The molecule has 2 aliphatic heterocycles. The maximum absolute atomic E-state index is 12.4. The number of benzene rings is 1. The third kappa shape index (κ3) is 3.29. The number of nitrogens with one attached hydrogen (secondary N) is 1. The number of carbonyl (C=O) groups is 1. The summed E-state index contributed by atoms with van der Waals surface area (Å²) in [5.41, 5.74) is 2.45. The first kappa shape index (κ1) is 15.2. The van der Waals surface area contributed by atoms with Crippen molar-refractivity contribution in [3.63, 3.8) is 0 Å². The minimum absolute atomic E-state index is 0.0662. The minimum atomic E-state index is 0.0662. The largest absolute Gasteiger partial charge is 0.381 e. The zero-order valence-corrected chi connectivity index (χ0v) is 13.7. The molecule has 23 heavy (non-hydrogen) atoms. The number of rotatable bonds is 4. The van der Waals surface area contributed by atoms with Gasteiger partial charge in [0.25, 0.3) is 5.91 Å². The van der Waals surface area contributed by atoms with Crippen LogP contribution in [0, 0.1) is 5.41 Å². The number of hydrogen-bond donors (Lipinski definition) is 1. The lowest BCUT2D eigenvalue weighted by molar-refractivity contribution is 0.0530. The van der Waals surface area contributed by atoms with Gasteiger partial charge >= 0.3 is 0 Å². The second-order valence-electron chi connectivity index (χ2n) is 7.56. The molecular formula is C19H26N2O2. The normalized spacial score (nSPS) is 30.5. The van der Waals surface area contributed by atoms with E-state index in [1.54, 1.807) is 0 Å². The Kier molecular flexibility index (Phi) is 4.12. The molecule has 124 valence electrons. The predicted molar refractivity (Wildman–Crippen MR) is 89.3 cm³/mol. The number of amides is 1. The van der Waals surface area contributed by atoms with Gasteiger partial charge in [-0.2, -0.15) is 0 Å². The summed E-state index contributed by atoms with van der Waals surface area (Å²) in [6.45, 7) is 5.18. The molecule has 0 unspecified atom stereocenters. The van der Waals surface area contributed by atoms with Crippen molar-refractivity contribution >= 4 is 5.91 Å². The Balaban J connectivity index is 1.28. The Morgan fingerprint density at radius 2 is 1.96 bits per heavy atom. The van der Waals surface area contributed by atoms with Gasteiger partial charge in [-0.25, -0.2) is 0 Å². The Hall–Kier alpha value is -1.39. The first-order valence-electron chi connectivity index (χ1n) is 8.92. The molecule has 1 aromatic carbocycles. The van der Waals surface area contributed by atoms with Crippen molar-refractivity contribution in [3.8, 4) is 0 Å². The van der Waals surface area contributed by atoms with Gasteiger partial charge in [-0.05, 0) is 68.3 Å². The summed E-state index contributed by atoms with van der Waals surface area (Å²) < 4.78 is 5.49. The van der Waals surface area contributed by atoms with Crippen LogP contribution >= 0.6 is 0 Å². The van der Waals surface area contributed by atoms with Crippen molar-refractivity contribution in [1.29, 1.82) is 0 Å². The molecule has 2 heterocycles. The molecule has 1 saturated carbocycles. The van der Waals surface area contributed by atoms with E-state index in [2.05, 4.69) is 22.3 Å². The molecule has 4 rings (SSSR count). The molecular weight excluding hydrogens is 288 g/mol. The lowest BCUT2D eigenvalue weighted by atomic mass is 9.65. The van der Waals surface area contributed by atoms with Crippen LogP contribution in [-0.4, -0.2) is 43.2 Å². The number of carbonyl (C=O) groups excluding carboxylic acids is 1. The summed E-state index contributed by atoms with van der Waals surface area (Å²) >= 11 is 0. The highest BCUT2D eigenvalue weighted by atomic mass is 16.5. The van der Waals surface area contributed by atoms with Crippen molar-refractivity contribution < 1.29 is 9.53 Å². The van der Waals surface area contributed by atoms with Gasteiger partial charge in [0.1, 0.15) is 0 Å². The number of ether oxygens (including phenoxy) is 1. The van der Waals surface area contributed by atoms with Crippen molar-refractivity contribution in [3.05, 3.63) is 35.4 Å². The van der Waals surface area contributed by atoms with E-state index in [0.717, 1.165) is 44.6 Å². The first-order chi connectivity index (χ1) is 11.2. The Morgan fingerprint density at radius 3 is 2.61 bits per heavy atom. The summed E-state index contributed by atoms with van der Waals surface area (Å²) in [7, 11) is 0. The van der Waals surface area contributed by atoms with Gasteiger partial charge in [0.05, 0.1) is 6.61 Å². The lowest BCUT2D eigenvalue weighted by Crippen LogP contribution is -2.51. The van der Waals surface area contributed by atoms with Gasteiger partial charge in [-0.15, -0.1) is 0 Å². The molecule has 3 aliphatic rings. The van der Waals surface area contributed by atoms with E-state index in [1.165, 1.54) is 31.5 Å². The SMILES string of the molecule is O=C(NC1CC2(CCOC2)C1)c1ccc(CN2CCCC2)cc1. The molecule has 0 aromatic heterocycles. The molecule has 0 radical (unpaired) electrons. The molecule has 1 aromatic rings. The average molecular weight is 314 g/mol. The number of likely N-dealkylation sites (tertiary alicyclic amines) is 1. The van der Waals surface area contributed by atoms with Crippen LogP contribution in [0.4, 0.5) is 0 Å². The third-order valence-electron chi connectivity index (χ3n) is 5.70. The molecule has 2 saturated heterocycles. The molecule has 1 spiro atoms. The highest BCUT2D eigenvalue weighted by Gasteiger charge is 2.47. The van der Waals surface area contributed by atoms with Crippen LogP contribution in [0.2, 0.25) is 0 Å². The lowest BCUT2D eigenvalue weighted by Gasteiger charge is -2.44. The van der Waals surface area contributed by atoms with Gasteiger partial charge in [-0.1, -0.05) is 12.1 Å². The fourth-order valence-electron chi connectivity index (χ4n) is 4.29. The molecule has 3 fully saturated rings. The smallest absolute Gasteiger partial charge is 0.251 e. The highest BCUT2D eigenvalue weighted by Crippen LogP contribution is 2.47.